The number of ether oxygens (including phenoxy) is 1. The summed E-state index contributed by atoms with van der Waals surface area (Å²) < 4.78 is 5.90. The third-order valence-electron chi connectivity index (χ3n) is 13.3. The molecule has 0 aromatic rings. The Morgan fingerprint density at radius 2 is 1.59 bits per heavy atom. The highest BCUT2D eigenvalue weighted by molar-refractivity contribution is 5.96. The van der Waals surface area contributed by atoms with Crippen molar-refractivity contribution < 1.29 is 34.1 Å². The maximum absolute atomic E-state index is 14.4. The number of hydrogen-bond donors (Lipinski definition) is 2. The number of fused-ring (bicyclic) bond motifs is 7. The van der Waals surface area contributed by atoms with Gasteiger partial charge in [-0.2, -0.15) is 0 Å². The van der Waals surface area contributed by atoms with Crippen molar-refractivity contribution in [3.63, 3.8) is 0 Å². The molecule has 41 heavy (non-hydrogen) atoms. The molecule has 0 heterocycles. The maximum atomic E-state index is 14.4. The Labute approximate surface area is 244 Å². The molecular weight excluding hydrogens is 520 g/mol. The topological polar surface area (TPSA) is 118 Å². The van der Waals surface area contributed by atoms with Crippen LogP contribution in [0.1, 0.15) is 106 Å². The molecule has 7 nitrogen and oxygen atoms in total. The van der Waals surface area contributed by atoms with Crippen LogP contribution in [0.5, 0.6) is 0 Å². The highest BCUT2D eigenvalue weighted by Gasteiger charge is 2.69. The molecule has 226 valence electrons. The zero-order valence-corrected chi connectivity index (χ0v) is 25.8. The fourth-order valence-corrected chi connectivity index (χ4v) is 10.4. The molecule has 0 aromatic carbocycles. The van der Waals surface area contributed by atoms with Gasteiger partial charge in [-0.1, -0.05) is 59.3 Å². The summed E-state index contributed by atoms with van der Waals surface area (Å²) >= 11 is 0. The SMILES string of the molecule is CC1(C)[C@@H](OC(=O)CCC(=O)O)CC[C@@]2(C)[C@@H]1CC[C@]1(C)[C@@H]2C(=O)C=C2[C@@H]3C[C@@](C)(C(=O)O)CC[C@]3(C)C=C[C@]21C. The summed E-state index contributed by atoms with van der Waals surface area (Å²) in [6.07, 6.45) is 11.0. The van der Waals surface area contributed by atoms with Gasteiger partial charge < -0.3 is 14.9 Å². The highest BCUT2D eigenvalue weighted by atomic mass is 16.5. The molecule has 2 N–H and O–H groups in total. The number of ketones is 1. The van der Waals surface area contributed by atoms with Crippen LogP contribution in [0.15, 0.2) is 23.8 Å². The largest absolute Gasteiger partial charge is 0.481 e. The molecule has 3 saturated carbocycles. The third-order valence-corrected chi connectivity index (χ3v) is 13.3. The molecule has 0 radical (unpaired) electrons. The average molecular weight is 569 g/mol. The Hall–Kier alpha value is -2.44. The van der Waals surface area contributed by atoms with E-state index in [0.717, 1.165) is 31.3 Å². The van der Waals surface area contributed by atoms with Gasteiger partial charge in [-0.25, -0.2) is 0 Å². The number of hydrogen-bond acceptors (Lipinski definition) is 5. The Kier molecular flexibility index (Phi) is 6.80. The summed E-state index contributed by atoms with van der Waals surface area (Å²) in [4.78, 5) is 50.2. The molecule has 9 atom stereocenters. The molecule has 0 amide bonds. The third kappa shape index (κ3) is 4.18. The second-order valence-corrected chi connectivity index (χ2v) is 15.8. The first-order valence-electron chi connectivity index (χ1n) is 15.5. The van der Waals surface area contributed by atoms with Crippen LogP contribution >= 0.6 is 0 Å². The zero-order chi connectivity index (χ0) is 30.4. The first-order valence-corrected chi connectivity index (χ1v) is 15.5. The monoisotopic (exact) mass is 568 g/mol. The summed E-state index contributed by atoms with van der Waals surface area (Å²) in [5.74, 6) is -2.10. The lowest BCUT2D eigenvalue weighted by atomic mass is 9.34. The number of carboxylic acid groups (broad SMARTS) is 2. The first kappa shape index (κ1) is 30.0. The zero-order valence-electron chi connectivity index (χ0n) is 25.8. The lowest BCUT2D eigenvalue weighted by molar-refractivity contribution is -0.204. The Balaban J connectivity index is 1.50. The average Bonchev–Trinajstić information content (AvgIpc) is 2.86. The van der Waals surface area contributed by atoms with Gasteiger partial charge in [0.2, 0.25) is 0 Å². The molecule has 0 unspecified atom stereocenters. The van der Waals surface area contributed by atoms with Gasteiger partial charge >= 0.3 is 17.9 Å². The minimum absolute atomic E-state index is 0.0111. The van der Waals surface area contributed by atoms with Crippen LogP contribution in [0.2, 0.25) is 0 Å². The standard InChI is InChI=1S/C34H48O7/c1-29(2)23-10-13-34(7)27(32(23,5)12-11-24(29)41-26(38)9-8-25(36)37)22(35)18-20-21-19-31(4,28(39)40)15-14-30(21,3)16-17-33(20,34)6/h16-18,21,23-24,27H,8-15,19H2,1-7H3,(H,36,37)(H,39,40)/t21-,23+,24-,27+,30+,31-,32-,33+,34+/m0/s1. The van der Waals surface area contributed by atoms with Crippen LogP contribution in [-0.2, 0) is 23.9 Å². The van der Waals surface area contributed by atoms with Crippen molar-refractivity contribution in [1.82, 2.24) is 0 Å². The van der Waals surface area contributed by atoms with E-state index >= 15 is 0 Å². The summed E-state index contributed by atoms with van der Waals surface area (Å²) in [6.45, 7) is 15.2. The molecule has 5 rings (SSSR count). The van der Waals surface area contributed by atoms with Gasteiger partial charge in [0.15, 0.2) is 5.78 Å². The predicted octanol–water partition coefficient (Wildman–Crippen LogP) is 6.60. The normalized spacial score (nSPS) is 46.2. The van der Waals surface area contributed by atoms with Crippen molar-refractivity contribution >= 4 is 23.7 Å². The molecule has 0 spiro atoms. The number of allylic oxidation sites excluding steroid dienone is 4. The second kappa shape index (κ2) is 9.28. The summed E-state index contributed by atoms with van der Waals surface area (Å²) in [7, 11) is 0. The smallest absolute Gasteiger partial charge is 0.309 e. The Morgan fingerprint density at radius 3 is 2.22 bits per heavy atom. The van der Waals surface area contributed by atoms with Crippen LogP contribution < -0.4 is 0 Å². The van der Waals surface area contributed by atoms with Crippen molar-refractivity contribution in [2.24, 2.45) is 50.2 Å². The molecular formula is C34H48O7. The van der Waals surface area contributed by atoms with Crippen molar-refractivity contribution in [1.29, 1.82) is 0 Å². The van der Waals surface area contributed by atoms with Crippen molar-refractivity contribution in [2.45, 2.75) is 112 Å². The van der Waals surface area contributed by atoms with Crippen molar-refractivity contribution in [2.75, 3.05) is 0 Å². The van der Waals surface area contributed by atoms with E-state index in [4.69, 9.17) is 9.84 Å². The number of rotatable bonds is 5. The number of aliphatic carboxylic acids is 2. The lowest BCUT2D eigenvalue weighted by Crippen LogP contribution is -2.66. The van der Waals surface area contributed by atoms with Crippen molar-refractivity contribution in [3.8, 4) is 0 Å². The van der Waals surface area contributed by atoms with Crippen LogP contribution in [0.4, 0.5) is 0 Å². The van der Waals surface area contributed by atoms with E-state index in [0.29, 0.717) is 19.3 Å². The molecule has 0 saturated heterocycles. The van der Waals surface area contributed by atoms with E-state index in [2.05, 4.69) is 53.7 Å². The minimum atomic E-state index is -1.02. The molecule has 5 aliphatic carbocycles. The van der Waals surface area contributed by atoms with E-state index in [1.807, 2.05) is 13.0 Å². The van der Waals surface area contributed by atoms with E-state index in [1.54, 1.807) is 0 Å². The number of carbonyl (C=O) groups excluding carboxylic acids is 2. The predicted molar refractivity (Wildman–Crippen MR) is 154 cm³/mol. The fraction of sp³-hybridized carbons (Fsp3) is 0.765. The quantitative estimate of drug-likeness (QED) is 0.283. The van der Waals surface area contributed by atoms with Crippen LogP contribution in [0.3, 0.4) is 0 Å². The molecule has 0 bridgehead atoms. The molecule has 0 aliphatic heterocycles. The van der Waals surface area contributed by atoms with E-state index in [-0.39, 0.29) is 69.6 Å². The summed E-state index contributed by atoms with van der Waals surface area (Å²) in [5, 5.41) is 19.1. The van der Waals surface area contributed by atoms with Gasteiger partial charge in [0.05, 0.1) is 18.3 Å². The highest BCUT2D eigenvalue weighted by Crippen LogP contribution is 2.73. The number of carboxylic acids is 2. The van der Waals surface area contributed by atoms with Gasteiger partial charge in [-0.05, 0) is 86.0 Å². The van der Waals surface area contributed by atoms with Crippen LogP contribution in [0.25, 0.3) is 0 Å². The fourth-order valence-electron chi connectivity index (χ4n) is 10.4. The molecule has 0 aromatic heterocycles. The summed E-state index contributed by atoms with van der Waals surface area (Å²) in [6, 6.07) is 0. The van der Waals surface area contributed by atoms with E-state index in [1.165, 1.54) is 0 Å². The first-order chi connectivity index (χ1) is 18.8. The Morgan fingerprint density at radius 1 is 0.902 bits per heavy atom. The minimum Gasteiger partial charge on any atom is -0.481 e. The van der Waals surface area contributed by atoms with Gasteiger partial charge in [0.25, 0.3) is 0 Å². The van der Waals surface area contributed by atoms with Gasteiger partial charge in [-0.3, -0.25) is 19.2 Å². The lowest BCUT2D eigenvalue weighted by Gasteiger charge is -2.69. The maximum Gasteiger partial charge on any atom is 0.309 e. The van der Waals surface area contributed by atoms with E-state index < -0.39 is 23.3 Å². The van der Waals surface area contributed by atoms with Crippen LogP contribution in [0, 0.1) is 50.2 Å². The summed E-state index contributed by atoms with van der Waals surface area (Å²) in [5.41, 5.74) is -1.17. The molecule has 5 aliphatic rings. The second-order valence-electron chi connectivity index (χ2n) is 15.8. The number of esters is 1. The van der Waals surface area contributed by atoms with E-state index in [9.17, 15) is 24.3 Å². The molecule has 3 fully saturated rings. The van der Waals surface area contributed by atoms with Gasteiger partial charge in [0.1, 0.15) is 6.10 Å². The van der Waals surface area contributed by atoms with Gasteiger partial charge in [0, 0.05) is 16.7 Å². The molecule has 7 heteroatoms. The van der Waals surface area contributed by atoms with Gasteiger partial charge in [-0.15, -0.1) is 0 Å². The van der Waals surface area contributed by atoms with Crippen molar-refractivity contribution in [3.05, 3.63) is 23.8 Å². The Bertz CT molecular complexity index is 1250. The number of carbonyl (C=O) groups is 4. The van der Waals surface area contributed by atoms with Crippen LogP contribution in [-0.4, -0.2) is 40.0 Å².